The Morgan fingerprint density at radius 3 is 1.41 bits per heavy atom. The maximum absolute atomic E-state index is 4.41. The minimum Gasteiger partial charge on any atom is -0.375 e. The van der Waals surface area contributed by atoms with Crippen LogP contribution < -0.4 is 9.80 Å². The molecule has 0 N–H and O–H groups in total. The van der Waals surface area contributed by atoms with Crippen LogP contribution in [0.3, 0.4) is 0 Å². The summed E-state index contributed by atoms with van der Waals surface area (Å²) in [4.78, 5) is 8.71. The first-order chi connectivity index (χ1) is 18.0. The third kappa shape index (κ3) is 8.00. The molecule has 0 saturated heterocycles. The zero-order valence-electron chi connectivity index (χ0n) is 22.0. The molecule has 0 radical (unpaired) electrons. The first-order valence-corrected chi connectivity index (χ1v) is 14.4. The highest BCUT2D eigenvalue weighted by Gasteiger charge is 2.15. The molecule has 10 heteroatoms. The monoisotopic (exact) mass is 536 g/mol. The minimum absolute atomic E-state index is 0.0400. The normalized spacial score (nSPS) is 19.1. The Bertz CT molecular complexity index is 1010. The molecule has 0 aromatic heterocycles. The van der Waals surface area contributed by atoms with E-state index in [-0.39, 0.29) is 11.0 Å². The number of thioether (sulfide) groups is 2. The second kappa shape index (κ2) is 13.5. The van der Waals surface area contributed by atoms with Gasteiger partial charge in [-0.05, 0) is 78.6 Å². The third-order valence-corrected chi connectivity index (χ3v) is 8.20. The summed E-state index contributed by atoms with van der Waals surface area (Å²) < 4.78 is 0. The quantitative estimate of drug-likeness (QED) is 0.207. The summed E-state index contributed by atoms with van der Waals surface area (Å²) in [6, 6.07) is 16.6. The van der Waals surface area contributed by atoms with Crippen molar-refractivity contribution in [3.63, 3.8) is 0 Å². The van der Waals surface area contributed by atoms with E-state index < -0.39 is 0 Å². The number of rotatable bonds is 12. The molecule has 0 aliphatic carbocycles. The average molecular weight is 537 g/mol. The fourth-order valence-corrected chi connectivity index (χ4v) is 5.41. The highest BCUT2D eigenvalue weighted by Crippen LogP contribution is 2.28. The van der Waals surface area contributed by atoms with E-state index in [9.17, 15) is 0 Å². The van der Waals surface area contributed by atoms with Crippen LogP contribution in [0.5, 0.6) is 0 Å². The summed E-state index contributed by atoms with van der Waals surface area (Å²) >= 11 is 3.32. The van der Waals surface area contributed by atoms with Gasteiger partial charge in [0.1, 0.15) is 0 Å². The van der Waals surface area contributed by atoms with Gasteiger partial charge in [0.25, 0.3) is 0 Å². The van der Waals surface area contributed by atoms with Crippen molar-refractivity contribution >= 4 is 46.3 Å². The molecule has 0 fully saturated rings. The Hall–Kier alpha value is -2.98. The van der Waals surface area contributed by atoms with Crippen molar-refractivity contribution in [1.82, 2.24) is 9.80 Å². The van der Waals surface area contributed by atoms with Gasteiger partial charge in [-0.25, -0.2) is 0 Å². The predicted octanol–water partition coefficient (Wildman–Crippen LogP) is 7.46. The molecule has 37 heavy (non-hydrogen) atoms. The zero-order chi connectivity index (χ0) is 26.0. The maximum atomic E-state index is 4.41. The molecule has 196 valence electrons. The zero-order valence-corrected chi connectivity index (χ0v) is 23.6. The van der Waals surface area contributed by atoms with Crippen LogP contribution in [0.1, 0.15) is 19.3 Å². The Morgan fingerprint density at radius 2 is 1.05 bits per heavy atom. The summed E-state index contributed by atoms with van der Waals surface area (Å²) in [6.07, 6.45) is 7.54. The Balaban J connectivity index is 1.13. The van der Waals surface area contributed by atoms with Crippen LogP contribution in [0.15, 0.2) is 92.2 Å². The van der Waals surface area contributed by atoms with Gasteiger partial charge in [-0.3, -0.25) is 0 Å². The second-order valence-corrected chi connectivity index (χ2v) is 11.1. The van der Waals surface area contributed by atoms with Crippen molar-refractivity contribution in [3.05, 3.63) is 71.7 Å². The second-order valence-electron chi connectivity index (χ2n) is 9.19. The third-order valence-electron chi connectivity index (χ3n) is 6.30. The number of hydrogen-bond donors (Lipinski definition) is 0. The van der Waals surface area contributed by atoms with Crippen LogP contribution in [-0.4, -0.2) is 62.1 Å². The van der Waals surface area contributed by atoms with E-state index in [0.717, 1.165) is 37.3 Å². The van der Waals surface area contributed by atoms with E-state index in [1.54, 1.807) is 23.5 Å². The van der Waals surface area contributed by atoms with E-state index in [0.29, 0.717) is 0 Å². The van der Waals surface area contributed by atoms with E-state index in [2.05, 4.69) is 68.6 Å². The SMILES string of the molecule is CN(CCCCCN(C)c1ccc(/N=N\C2SC=CN2C)cc1)c1ccc(N=NC2SC=CN2C)cc1. The van der Waals surface area contributed by atoms with Crippen LogP contribution in [0, 0.1) is 0 Å². The number of anilines is 2. The number of azo groups is 2. The van der Waals surface area contributed by atoms with Gasteiger partial charge in [-0.2, -0.15) is 20.5 Å². The van der Waals surface area contributed by atoms with Crippen molar-refractivity contribution in [3.8, 4) is 0 Å². The van der Waals surface area contributed by atoms with Crippen molar-refractivity contribution in [2.75, 3.05) is 51.1 Å². The highest BCUT2D eigenvalue weighted by molar-refractivity contribution is 8.03. The Kier molecular flexibility index (Phi) is 9.90. The molecule has 0 bridgehead atoms. The number of nitrogens with zero attached hydrogens (tertiary/aromatic N) is 8. The van der Waals surface area contributed by atoms with Gasteiger partial charge in [0, 0.05) is 65.1 Å². The molecule has 0 amide bonds. The lowest BCUT2D eigenvalue weighted by molar-refractivity contribution is 0.437. The molecule has 2 atom stereocenters. The summed E-state index contributed by atoms with van der Waals surface area (Å²) in [6.45, 7) is 2.06. The van der Waals surface area contributed by atoms with Gasteiger partial charge in [0.15, 0.2) is 11.0 Å². The molecule has 2 aromatic carbocycles. The standard InChI is InChI=1S/C27H36N8S2/c1-32(24-12-8-22(9-13-24)28-30-26-34(3)18-20-36-26)16-6-5-7-17-33(2)25-14-10-23(11-15-25)29-31-27-35(4)19-21-37-27/h8-15,18-21,26-27H,5-7,16-17H2,1-4H3/b30-28-,31-29?. The maximum Gasteiger partial charge on any atom is 0.193 e. The van der Waals surface area contributed by atoms with Crippen molar-refractivity contribution < 1.29 is 0 Å². The molecule has 2 aromatic rings. The molecular formula is C27H36N8S2. The molecule has 2 heterocycles. The molecule has 0 saturated carbocycles. The van der Waals surface area contributed by atoms with Crippen LogP contribution in [-0.2, 0) is 0 Å². The predicted molar refractivity (Wildman–Crippen MR) is 159 cm³/mol. The van der Waals surface area contributed by atoms with Gasteiger partial charge in [-0.1, -0.05) is 23.5 Å². The lowest BCUT2D eigenvalue weighted by Gasteiger charge is -2.21. The summed E-state index contributed by atoms with van der Waals surface area (Å²) in [5, 5.41) is 21.7. The fraction of sp³-hybridized carbons (Fsp3) is 0.407. The molecular weight excluding hydrogens is 500 g/mol. The van der Waals surface area contributed by atoms with Crippen LogP contribution in [0.25, 0.3) is 0 Å². The van der Waals surface area contributed by atoms with Crippen molar-refractivity contribution in [2.24, 2.45) is 20.5 Å². The van der Waals surface area contributed by atoms with Gasteiger partial charge in [0.05, 0.1) is 11.4 Å². The van der Waals surface area contributed by atoms with E-state index in [1.807, 2.05) is 71.4 Å². The summed E-state index contributed by atoms with van der Waals surface area (Å²) in [5.74, 6) is 0. The lowest BCUT2D eigenvalue weighted by atomic mass is 10.2. The fourth-order valence-electron chi connectivity index (χ4n) is 3.87. The molecule has 8 nitrogen and oxygen atoms in total. The Morgan fingerprint density at radius 1 is 0.649 bits per heavy atom. The van der Waals surface area contributed by atoms with E-state index in [1.165, 1.54) is 17.8 Å². The number of unbranched alkanes of at least 4 members (excludes halogenated alkanes) is 2. The molecule has 4 rings (SSSR count). The molecule has 0 spiro atoms. The smallest absolute Gasteiger partial charge is 0.193 e. The highest BCUT2D eigenvalue weighted by atomic mass is 32.2. The molecule has 2 unspecified atom stereocenters. The molecule has 2 aliphatic rings. The summed E-state index contributed by atoms with van der Waals surface area (Å²) in [5.41, 5.74) is 4.26. The average Bonchev–Trinajstić information content (AvgIpc) is 3.53. The van der Waals surface area contributed by atoms with Crippen LogP contribution in [0.4, 0.5) is 22.7 Å². The van der Waals surface area contributed by atoms with E-state index >= 15 is 0 Å². The number of benzene rings is 2. The minimum atomic E-state index is 0.0400. The largest absolute Gasteiger partial charge is 0.375 e. The first kappa shape index (κ1) is 27.1. The molecule has 2 aliphatic heterocycles. The van der Waals surface area contributed by atoms with Crippen molar-refractivity contribution in [2.45, 2.75) is 30.3 Å². The van der Waals surface area contributed by atoms with Crippen LogP contribution in [0.2, 0.25) is 0 Å². The van der Waals surface area contributed by atoms with Crippen molar-refractivity contribution in [1.29, 1.82) is 0 Å². The lowest BCUT2D eigenvalue weighted by Crippen LogP contribution is -2.20. The Labute approximate surface area is 229 Å². The number of hydrogen-bond acceptors (Lipinski definition) is 10. The topological polar surface area (TPSA) is 62.4 Å². The van der Waals surface area contributed by atoms with E-state index in [4.69, 9.17) is 0 Å². The van der Waals surface area contributed by atoms with Gasteiger partial charge >= 0.3 is 0 Å². The first-order valence-electron chi connectivity index (χ1n) is 12.5. The van der Waals surface area contributed by atoms with Gasteiger partial charge < -0.3 is 19.6 Å². The summed E-state index contributed by atoms with van der Waals surface area (Å²) in [7, 11) is 8.32. The van der Waals surface area contributed by atoms with Crippen LogP contribution >= 0.6 is 23.5 Å². The van der Waals surface area contributed by atoms with Gasteiger partial charge in [-0.15, -0.1) is 0 Å². The van der Waals surface area contributed by atoms with Gasteiger partial charge in [0.2, 0.25) is 0 Å².